The molecule has 1 N–H and O–H groups in total. The van der Waals surface area contributed by atoms with Gasteiger partial charge in [0.1, 0.15) is 0 Å². The number of H-pyrrole nitrogens is 1. The Kier molecular flexibility index (Phi) is 3.19. The molecule has 0 saturated carbocycles. The standard InChI is InChI=1S/C14H9ClN2OS/c15-11(8-9-4-3-7-19-9)13-16-12-6-2-1-5-10(12)14(18)17-13/h1-8H,(H,16,17,18). The molecule has 0 aliphatic carbocycles. The summed E-state index contributed by atoms with van der Waals surface area (Å²) in [5.41, 5.74) is 0.456. The largest absolute Gasteiger partial charge is 0.305 e. The molecule has 3 nitrogen and oxygen atoms in total. The average Bonchev–Trinajstić information content (AvgIpc) is 2.91. The van der Waals surface area contributed by atoms with Crippen molar-refractivity contribution in [3.8, 4) is 0 Å². The predicted molar refractivity (Wildman–Crippen MR) is 80.4 cm³/mol. The van der Waals surface area contributed by atoms with E-state index in [0.29, 0.717) is 21.8 Å². The molecule has 0 fully saturated rings. The van der Waals surface area contributed by atoms with Crippen molar-refractivity contribution in [3.63, 3.8) is 0 Å². The quantitative estimate of drug-likeness (QED) is 0.781. The monoisotopic (exact) mass is 288 g/mol. The zero-order valence-corrected chi connectivity index (χ0v) is 11.3. The minimum atomic E-state index is -0.182. The van der Waals surface area contributed by atoms with E-state index in [1.807, 2.05) is 29.6 Å². The van der Waals surface area contributed by atoms with Crippen molar-refractivity contribution in [2.24, 2.45) is 0 Å². The third-order valence-corrected chi connectivity index (χ3v) is 3.76. The van der Waals surface area contributed by atoms with Gasteiger partial charge >= 0.3 is 0 Å². The van der Waals surface area contributed by atoms with Crippen molar-refractivity contribution in [2.45, 2.75) is 0 Å². The van der Waals surface area contributed by atoms with Crippen molar-refractivity contribution < 1.29 is 0 Å². The molecular weight excluding hydrogens is 280 g/mol. The summed E-state index contributed by atoms with van der Waals surface area (Å²) in [6, 6.07) is 11.1. The molecular formula is C14H9ClN2OS. The highest BCUT2D eigenvalue weighted by molar-refractivity contribution is 7.11. The van der Waals surface area contributed by atoms with Crippen molar-refractivity contribution >= 4 is 44.9 Å². The van der Waals surface area contributed by atoms with Gasteiger partial charge in [0.05, 0.1) is 15.9 Å². The van der Waals surface area contributed by atoms with Crippen LogP contribution in [0.5, 0.6) is 0 Å². The van der Waals surface area contributed by atoms with Gasteiger partial charge in [0.25, 0.3) is 5.56 Å². The molecule has 2 heterocycles. The summed E-state index contributed by atoms with van der Waals surface area (Å²) in [4.78, 5) is 20.0. The molecule has 3 aromatic rings. The molecule has 19 heavy (non-hydrogen) atoms. The van der Waals surface area contributed by atoms with E-state index >= 15 is 0 Å². The lowest BCUT2D eigenvalue weighted by molar-refractivity contribution is 1.14. The molecule has 94 valence electrons. The minimum absolute atomic E-state index is 0.182. The predicted octanol–water partition coefficient (Wildman–Crippen LogP) is 3.72. The molecule has 3 rings (SSSR count). The molecule has 0 aliphatic heterocycles. The van der Waals surface area contributed by atoms with Gasteiger partial charge in [0.2, 0.25) is 0 Å². The maximum atomic E-state index is 11.9. The summed E-state index contributed by atoms with van der Waals surface area (Å²) in [5, 5.41) is 2.95. The first kappa shape index (κ1) is 12.1. The molecule has 0 radical (unpaired) electrons. The summed E-state index contributed by atoms with van der Waals surface area (Å²) < 4.78 is 0. The Labute approximate surface area is 118 Å². The van der Waals surface area contributed by atoms with E-state index in [9.17, 15) is 4.79 Å². The highest BCUT2D eigenvalue weighted by Gasteiger charge is 2.06. The molecule has 0 atom stereocenters. The van der Waals surface area contributed by atoms with Gasteiger partial charge in [-0.15, -0.1) is 11.3 Å². The molecule has 5 heteroatoms. The number of fused-ring (bicyclic) bond motifs is 1. The molecule has 0 spiro atoms. The molecule has 0 aliphatic rings. The highest BCUT2D eigenvalue weighted by Crippen LogP contribution is 2.21. The van der Waals surface area contributed by atoms with E-state index in [4.69, 9.17) is 11.6 Å². The van der Waals surface area contributed by atoms with Gasteiger partial charge in [0, 0.05) is 4.88 Å². The SMILES string of the molecule is O=c1[nH]c(C(Cl)=Cc2cccs2)nc2ccccc12. The second-order valence-electron chi connectivity index (χ2n) is 3.94. The summed E-state index contributed by atoms with van der Waals surface area (Å²) in [6.45, 7) is 0. The van der Waals surface area contributed by atoms with E-state index < -0.39 is 0 Å². The average molecular weight is 289 g/mol. The fraction of sp³-hybridized carbons (Fsp3) is 0. The molecule has 0 bridgehead atoms. The number of para-hydroxylation sites is 1. The Morgan fingerprint density at radius 3 is 2.89 bits per heavy atom. The van der Waals surface area contributed by atoms with Crippen LogP contribution >= 0.6 is 22.9 Å². The minimum Gasteiger partial charge on any atom is -0.305 e. The fourth-order valence-corrected chi connectivity index (χ4v) is 2.70. The van der Waals surface area contributed by atoms with Crippen LogP contribution in [0, 0.1) is 0 Å². The Morgan fingerprint density at radius 1 is 1.26 bits per heavy atom. The maximum absolute atomic E-state index is 11.9. The second-order valence-corrected chi connectivity index (χ2v) is 5.33. The molecule has 0 amide bonds. The zero-order valence-electron chi connectivity index (χ0n) is 9.76. The van der Waals surface area contributed by atoms with Crippen LogP contribution in [-0.4, -0.2) is 9.97 Å². The van der Waals surface area contributed by atoms with Crippen molar-refractivity contribution in [1.82, 2.24) is 9.97 Å². The van der Waals surface area contributed by atoms with E-state index in [-0.39, 0.29) is 5.56 Å². The van der Waals surface area contributed by atoms with Gasteiger partial charge in [-0.05, 0) is 29.7 Å². The number of halogens is 1. The van der Waals surface area contributed by atoms with E-state index in [2.05, 4.69) is 9.97 Å². The zero-order chi connectivity index (χ0) is 13.2. The Bertz CT molecular complexity index is 806. The number of aromatic nitrogens is 2. The van der Waals surface area contributed by atoms with Crippen LogP contribution in [-0.2, 0) is 0 Å². The van der Waals surface area contributed by atoms with Crippen molar-refractivity contribution in [1.29, 1.82) is 0 Å². The number of aromatic amines is 1. The number of nitrogens with zero attached hydrogens (tertiary/aromatic N) is 1. The Balaban J connectivity index is 2.13. The van der Waals surface area contributed by atoms with Crippen LogP contribution in [0.2, 0.25) is 0 Å². The molecule has 2 aromatic heterocycles. The van der Waals surface area contributed by atoms with E-state index in [0.717, 1.165) is 4.88 Å². The van der Waals surface area contributed by atoms with E-state index in [1.165, 1.54) is 0 Å². The molecule has 0 saturated heterocycles. The van der Waals surface area contributed by atoms with Crippen LogP contribution in [0.3, 0.4) is 0 Å². The van der Waals surface area contributed by atoms with Crippen molar-refractivity contribution in [3.05, 3.63) is 62.8 Å². The summed E-state index contributed by atoms with van der Waals surface area (Å²) in [7, 11) is 0. The number of benzene rings is 1. The summed E-state index contributed by atoms with van der Waals surface area (Å²) in [5.74, 6) is 0.388. The van der Waals surface area contributed by atoms with Gasteiger partial charge in [-0.25, -0.2) is 4.98 Å². The van der Waals surface area contributed by atoms with Gasteiger partial charge in [-0.2, -0.15) is 0 Å². The number of hydrogen-bond donors (Lipinski definition) is 1. The van der Waals surface area contributed by atoms with Crippen molar-refractivity contribution in [2.75, 3.05) is 0 Å². The van der Waals surface area contributed by atoms with Gasteiger partial charge in [0.15, 0.2) is 5.82 Å². The lowest BCUT2D eigenvalue weighted by Crippen LogP contribution is -2.10. The fourth-order valence-electron chi connectivity index (χ4n) is 1.77. The smallest absolute Gasteiger partial charge is 0.259 e. The first-order valence-corrected chi connectivity index (χ1v) is 6.90. The van der Waals surface area contributed by atoms with Gasteiger partial charge < -0.3 is 4.98 Å². The van der Waals surface area contributed by atoms with Crippen LogP contribution in [0.15, 0.2) is 46.6 Å². The lowest BCUT2D eigenvalue weighted by atomic mass is 10.2. The third-order valence-electron chi connectivity index (χ3n) is 2.65. The van der Waals surface area contributed by atoms with Gasteiger partial charge in [-0.3, -0.25) is 4.79 Å². The molecule has 1 aromatic carbocycles. The Morgan fingerprint density at radius 2 is 2.11 bits per heavy atom. The number of rotatable bonds is 2. The topological polar surface area (TPSA) is 45.8 Å². The van der Waals surface area contributed by atoms with Gasteiger partial charge in [-0.1, -0.05) is 29.8 Å². The second kappa shape index (κ2) is 4.99. The van der Waals surface area contributed by atoms with Crippen LogP contribution < -0.4 is 5.56 Å². The highest BCUT2D eigenvalue weighted by atomic mass is 35.5. The first-order valence-electron chi connectivity index (χ1n) is 5.64. The van der Waals surface area contributed by atoms with E-state index in [1.54, 1.807) is 29.5 Å². The number of thiophene rings is 1. The maximum Gasteiger partial charge on any atom is 0.259 e. The van der Waals surface area contributed by atoms with Crippen LogP contribution in [0.25, 0.3) is 22.0 Å². The number of hydrogen-bond acceptors (Lipinski definition) is 3. The Hall–Kier alpha value is -1.91. The first-order chi connectivity index (χ1) is 9.24. The summed E-state index contributed by atoms with van der Waals surface area (Å²) in [6.07, 6.45) is 1.79. The third kappa shape index (κ3) is 2.45. The normalized spacial score (nSPS) is 11.9. The summed E-state index contributed by atoms with van der Waals surface area (Å²) >= 11 is 7.78. The lowest BCUT2D eigenvalue weighted by Gasteiger charge is -2.01. The van der Waals surface area contributed by atoms with Crippen LogP contribution in [0.4, 0.5) is 0 Å². The molecule has 0 unspecified atom stereocenters. The van der Waals surface area contributed by atoms with Crippen LogP contribution in [0.1, 0.15) is 10.7 Å². The number of nitrogens with one attached hydrogen (secondary N) is 1.